The van der Waals surface area contributed by atoms with Crippen LogP contribution in [0.2, 0.25) is 0 Å². The van der Waals surface area contributed by atoms with Gasteiger partial charge in [-0.2, -0.15) is 0 Å². The molecule has 1 aliphatic heterocycles. The molecule has 9 nitrogen and oxygen atoms in total. The highest BCUT2D eigenvalue weighted by Gasteiger charge is 2.28. The number of amides is 2. The third kappa shape index (κ3) is 10.8. The SMILES string of the molecule is C/C=C1/N=C(C(=O)NCC(/C=C(F)\C=C\F)=C/C)C=C(C(=O)NC2/C=C/C=C(C(=O)OC(C)(C)C)\C(C)=C\CC2)N1NC. The van der Waals surface area contributed by atoms with Gasteiger partial charge in [0.2, 0.25) is 0 Å². The van der Waals surface area contributed by atoms with Crippen LogP contribution in [-0.2, 0) is 19.1 Å². The molecule has 1 heterocycles. The third-order valence-electron chi connectivity index (χ3n) is 6.19. The average molecular weight is 598 g/mol. The molecule has 232 valence electrons. The van der Waals surface area contributed by atoms with Gasteiger partial charge < -0.3 is 15.4 Å². The van der Waals surface area contributed by atoms with Crippen molar-refractivity contribution < 1.29 is 27.9 Å². The Hall–Kier alpha value is -4.38. The number of ether oxygens (including phenoxy) is 1. The summed E-state index contributed by atoms with van der Waals surface area (Å²) >= 11 is 0. The molecule has 0 aromatic rings. The summed E-state index contributed by atoms with van der Waals surface area (Å²) < 4.78 is 31.5. The van der Waals surface area contributed by atoms with Gasteiger partial charge in [0.05, 0.1) is 11.9 Å². The second kappa shape index (κ2) is 16.3. The molecular formula is C32H41F2N5O4. The summed E-state index contributed by atoms with van der Waals surface area (Å²) in [7, 11) is 1.62. The molecule has 2 rings (SSSR count). The van der Waals surface area contributed by atoms with E-state index in [2.05, 4.69) is 21.1 Å². The van der Waals surface area contributed by atoms with Gasteiger partial charge >= 0.3 is 5.97 Å². The van der Waals surface area contributed by atoms with E-state index in [1.165, 1.54) is 11.1 Å². The van der Waals surface area contributed by atoms with Crippen molar-refractivity contribution in [1.29, 1.82) is 0 Å². The lowest BCUT2D eigenvalue weighted by Gasteiger charge is -2.29. The molecule has 0 saturated heterocycles. The maximum atomic E-state index is 13.7. The van der Waals surface area contributed by atoms with E-state index in [-0.39, 0.29) is 30.3 Å². The number of aliphatic imine (C=N–C) groups is 1. The van der Waals surface area contributed by atoms with Crippen LogP contribution in [0.4, 0.5) is 8.78 Å². The molecule has 1 atom stereocenters. The fourth-order valence-corrected chi connectivity index (χ4v) is 4.06. The molecule has 0 radical (unpaired) electrons. The molecule has 2 amide bonds. The summed E-state index contributed by atoms with van der Waals surface area (Å²) in [6, 6.07) is -0.382. The normalized spacial score (nSPS) is 22.7. The lowest BCUT2D eigenvalue weighted by molar-refractivity contribution is -0.149. The minimum Gasteiger partial charge on any atom is -0.456 e. The number of rotatable bonds is 9. The van der Waals surface area contributed by atoms with E-state index in [0.29, 0.717) is 35.9 Å². The predicted molar refractivity (Wildman–Crippen MR) is 164 cm³/mol. The van der Waals surface area contributed by atoms with Crippen molar-refractivity contribution in [3.8, 4) is 0 Å². The number of carbonyl (C=O) groups excluding carboxylic acids is 3. The Bertz CT molecular complexity index is 1360. The number of nitrogens with one attached hydrogen (secondary N) is 3. The lowest BCUT2D eigenvalue weighted by atomic mass is 10.1. The minimum atomic E-state index is -0.805. The summed E-state index contributed by atoms with van der Waals surface area (Å²) in [5.41, 5.74) is 4.02. The van der Waals surface area contributed by atoms with Gasteiger partial charge in [-0.15, -0.1) is 0 Å². The van der Waals surface area contributed by atoms with E-state index in [9.17, 15) is 23.2 Å². The molecular weight excluding hydrogens is 556 g/mol. The zero-order valence-corrected chi connectivity index (χ0v) is 25.8. The Labute approximate surface area is 252 Å². The zero-order valence-electron chi connectivity index (χ0n) is 25.8. The third-order valence-corrected chi connectivity index (χ3v) is 6.19. The van der Waals surface area contributed by atoms with E-state index in [4.69, 9.17) is 4.74 Å². The van der Waals surface area contributed by atoms with Crippen LogP contribution in [0.1, 0.15) is 54.4 Å². The quantitative estimate of drug-likeness (QED) is 0.253. The number of hydrogen-bond donors (Lipinski definition) is 3. The van der Waals surface area contributed by atoms with Crippen molar-refractivity contribution in [2.75, 3.05) is 13.6 Å². The molecule has 0 aromatic heterocycles. The maximum absolute atomic E-state index is 13.7. The Kier molecular flexibility index (Phi) is 13.2. The highest BCUT2D eigenvalue weighted by atomic mass is 19.1. The summed E-state index contributed by atoms with van der Waals surface area (Å²) in [6.07, 6.45) is 14.7. The largest absolute Gasteiger partial charge is 0.456 e. The predicted octanol–water partition coefficient (Wildman–Crippen LogP) is 5.07. The van der Waals surface area contributed by atoms with Gasteiger partial charge in [-0.1, -0.05) is 24.3 Å². The fraction of sp³-hybridized carbons (Fsp3) is 0.375. The van der Waals surface area contributed by atoms with Gasteiger partial charge in [-0.05, 0) is 83.8 Å². The maximum Gasteiger partial charge on any atom is 0.338 e. The number of halogens is 2. The molecule has 43 heavy (non-hydrogen) atoms. The first kappa shape index (κ1) is 34.8. The van der Waals surface area contributed by atoms with Gasteiger partial charge in [-0.25, -0.2) is 24.0 Å². The first-order valence-corrected chi connectivity index (χ1v) is 13.9. The highest BCUT2D eigenvalue weighted by molar-refractivity contribution is 6.44. The molecule has 2 aliphatic rings. The number of nitrogens with zero attached hydrogens (tertiary/aromatic N) is 2. The zero-order chi connectivity index (χ0) is 32.2. The van der Waals surface area contributed by atoms with Crippen molar-refractivity contribution in [2.24, 2.45) is 4.99 Å². The summed E-state index contributed by atoms with van der Waals surface area (Å²) in [4.78, 5) is 43.6. The topological polar surface area (TPSA) is 112 Å². The molecule has 11 heteroatoms. The van der Waals surface area contributed by atoms with Crippen LogP contribution in [0.3, 0.4) is 0 Å². The van der Waals surface area contributed by atoms with Crippen LogP contribution >= 0.6 is 0 Å². The van der Waals surface area contributed by atoms with Crippen LogP contribution in [0.25, 0.3) is 0 Å². The average Bonchev–Trinajstić information content (AvgIpc) is 3.03. The lowest BCUT2D eigenvalue weighted by Crippen LogP contribution is -2.46. The van der Waals surface area contributed by atoms with Crippen molar-refractivity contribution in [3.63, 3.8) is 0 Å². The Morgan fingerprint density at radius 2 is 1.93 bits per heavy atom. The van der Waals surface area contributed by atoms with Gasteiger partial charge in [0.1, 0.15) is 28.7 Å². The van der Waals surface area contributed by atoms with E-state index in [1.807, 2.05) is 13.0 Å². The van der Waals surface area contributed by atoms with E-state index in [0.717, 1.165) is 11.6 Å². The monoisotopic (exact) mass is 597 g/mol. The molecule has 0 aromatic carbocycles. The van der Waals surface area contributed by atoms with Crippen LogP contribution in [0.5, 0.6) is 0 Å². The number of esters is 1. The molecule has 1 aliphatic carbocycles. The summed E-state index contributed by atoms with van der Waals surface area (Å²) in [5, 5.41) is 7.09. The number of hydrazine groups is 1. The standard InChI is InChI=1S/C32H41F2N5O4/c1-8-22(18-23(34)16-17-33)20-36-29(40)26-19-27(39(35-7)28(9-2)38-26)30(41)37-24-13-10-12-21(3)25(15-11-14-24)31(42)43-32(4,5)6/h8-9,11-12,14-19,24,35H,10,13,20H2,1-7H3,(H,36,40)(H,37,41)/b14-11+,17-16+,21-12+,22-8+,23-18+,25-15+,28-9-. The molecule has 0 spiro atoms. The van der Waals surface area contributed by atoms with Crippen molar-refractivity contribution in [3.05, 3.63) is 95.1 Å². The van der Waals surface area contributed by atoms with Gasteiger partial charge in [0.15, 0.2) is 0 Å². The number of allylic oxidation sites excluding steroid dienone is 7. The van der Waals surface area contributed by atoms with Gasteiger partial charge in [0, 0.05) is 31.8 Å². The van der Waals surface area contributed by atoms with Crippen LogP contribution in [-0.4, -0.2) is 53.7 Å². The first-order valence-electron chi connectivity index (χ1n) is 13.9. The highest BCUT2D eigenvalue weighted by Crippen LogP contribution is 2.21. The van der Waals surface area contributed by atoms with E-state index >= 15 is 0 Å². The molecule has 0 fully saturated rings. The van der Waals surface area contributed by atoms with Crippen LogP contribution < -0.4 is 16.1 Å². The fourth-order valence-electron chi connectivity index (χ4n) is 4.06. The number of hydrogen-bond acceptors (Lipinski definition) is 7. The second-order valence-corrected chi connectivity index (χ2v) is 10.6. The first-order chi connectivity index (χ1) is 20.3. The van der Waals surface area contributed by atoms with E-state index in [1.54, 1.807) is 72.0 Å². The number of carbonyl (C=O) groups is 3. The van der Waals surface area contributed by atoms with Gasteiger partial charge in [-0.3, -0.25) is 14.6 Å². The summed E-state index contributed by atoms with van der Waals surface area (Å²) in [5.74, 6) is -1.96. The Morgan fingerprint density at radius 1 is 1.21 bits per heavy atom. The van der Waals surface area contributed by atoms with Crippen molar-refractivity contribution in [1.82, 2.24) is 21.1 Å². The minimum absolute atomic E-state index is 0.0261. The molecule has 0 saturated carbocycles. The molecule has 0 bridgehead atoms. The van der Waals surface area contributed by atoms with E-state index < -0.39 is 29.2 Å². The summed E-state index contributed by atoms with van der Waals surface area (Å²) in [6.45, 7) is 10.6. The van der Waals surface area contributed by atoms with Crippen molar-refractivity contribution in [2.45, 2.75) is 66.0 Å². The van der Waals surface area contributed by atoms with Crippen LogP contribution in [0, 0.1) is 0 Å². The van der Waals surface area contributed by atoms with Crippen molar-refractivity contribution >= 4 is 23.5 Å². The van der Waals surface area contributed by atoms with Gasteiger partial charge in [0.25, 0.3) is 11.8 Å². The molecule has 3 N–H and O–H groups in total. The van der Waals surface area contributed by atoms with Crippen LogP contribution in [0.15, 0.2) is 100 Å². The smallest absolute Gasteiger partial charge is 0.338 e. The second-order valence-electron chi connectivity index (χ2n) is 10.6. The molecule has 1 unspecified atom stereocenters. The Morgan fingerprint density at radius 3 is 2.53 bits per heavy atom. The Balaban J connectivity index is 2.26.